The number of aromatic nitrogens is 2. The summed E-state index contributed by atoms with van der Waals surface area (Å²) in [5.41, 5.74) is 3.27. The predicted octanol–water partition coefficient (Wildman–Crippen LogP) is 4.07. The molecule has 0 spiro atoms. The second kappa shape index (κ2) is 7.17. The van der Waals surface area contributed by atoms with Gasteiger partial charge in [0.25, 0.3) is 5.56 Å². The zero-order valence-corrected chi connectivity index (χ0v) is 15.5. The summed E-state index contributed by atoms with van der Waals surface area (Å²) in [5.74, 6) is -0.278. The van der Waals surface area contributed by atoms with Crippen molar-refractivity contribution in [2.75, 3.05) is 5.32 Å². The Bertz CT molecular complexity index is 1180. The number of benzene rings is 2. The standard InChI is InChI=1S/C21H17N3O2S/c1-14-11-20(26)24(18-10-6-5-9-16(14)18)12-19(25)23-21-22-17(13-27-21)15-7-3-2-4-8-15/h2-11,13H,12H2,1H3,(H,22,23,25). The number of carbonyl (C=O) groups excluding carboxylic acids is 1. The molecule has 1 N–H and O–H groups in total. The first-order valence-corrected chi connectivity index (χ1v) is 9.40. The first-order valence-electron chi connectivity index (χ1n) is 8.52. The number of pyridine rings is 1. The normalized spacial score (nSPS) is 10.9. The molecule has 0 atom stereocenters. The molecule has 0 saturated carbocycles. The van der Waals surface area contributed by atoms with E-state index in [9.17, 15) is 9.59 Å². The van der Waals surface area contributed by atoms with E-state index in [0.29, 0.717) is 5.13 Å². The lowest BCUT2D eigenvalue weighted by Gasteiger charge is -2.11. The Morgan fingerprint density at radius 2 is 1.85 bits per heavy atom. The molecule has 1 amide bonds. The quantitative estimate of drug-likeness (QED) is 0.585. The Labute approximate surface area is 159 Å². The molecule has 6 heteroatoms. The van der Waals surface area contributed by atoms with Gasteiger partial charge in [-0.1, -0.05) is 48.5 Å². The smallest absolute Gasteiger partial charge is 0.251 e. The Hall–Kier alpha value is -3.25. The minimum absolute atomic E-state index is 0.0557. The molecule has 27 heavy (non-hydrogen) atoms. The van der Waals surface area contributed by atoms with Crippen LogP contribution in [0.1, 0.15) is 5.56 Å². The van der Waals surface area contributed by atoms with E-state index in [4.69, 9.17) is 0 Å². The number of fused-ring (bicyclic) bond motifs is 1. The average Bonchev–Trinajstić information content (AvgIpc) is 3.14. The monoisotopic (exact) mass is 375 g/mol. The fourth-order valence-corrected chi connectivity index (χ4v) is 3.78. The number of hydrogen-bond acceptors (Lipinski definition) is 4. The van der Waals surface area contributed by atoms with Crippen LogP contribution in [0.3, 0.4) is 0 Å². The van der Waals surface area contributed by atoms with Crippen LogP contribution in [-0.4, -0.2) is 15.5 Å². The van der Waals surface area contributed by atoms with Crippen LogP contribution in [0.15, 0.2) is 70.8 Å². The van der Waals surface area contributed by atoms with E-state index in [1.54, 1.807) is 6.07 Å². The zero-order chi connectivity index (χ0) is 18.8. The van der Waals surface area contributed by atoms with Crippen molar-refractivity contribution >= 4 is 33.3 Å². The van der Waals surface area contributed by atoms with Gasteiger partial charge in [0.1, 0.15) is 6.54 Å². The molecular weight excluding hydrogens is 358 g/mol. The molecular formula is C21H17N3O2S. The number of para-hydroxylation sites is 1. The van der Waals surface area contributed by atoms with Crippen molar-refractivity contribution < 1.29 is 4.79 Å². The van der Waals surface area contributed by atoms with E-state index in [1.165, 1.54) is 15.9 Å². The second-order valence-corrected chi connectivity index (χ2v) is 7.08. The largest absolute Gasteiger partial charge is 0.300 e. The molecule has 0 radical (unpaired) electrons. The highest BCUT2D eigenvalue weighted by Gasteiger charge is 2.12. The van der Waals surface area contributed by atoms with Gasteiger partial charge in [0.05, 0.1) is 11.2 Å². The molecule has 0 aliphatic rings. The molecule has 0 fully saturated rings. The molecule has 0 aliphatic carbocycles. The highest BCUT2D eigenvalue weighted by molar-refractivity contribution is 7.14. The van der Waals surface area contributed by atoms with Gasteiger partial charge in [0.2, 0.25) is 5.91 Å². The topological polar surface area (TPSA) is 64.0 Å². The van der Waals surface area contributed by atoms with Crippen molar-refractivity contribution in [3.63, 3.8) is 0 Å². The molecule has 4 rings (SSSR count). The summed E-state index contributed by atoms with van der Waals surface area (Å²) in [6, 6.07) is 18.9. The number of hydrogen-bond donors (Lipinski definition) is 1. The van der Waals surface area contributed by atoms with Crippen molar-refractivity contribution in [3.05, 3.63) is 82.0 Å². The van der Waals surface area contributed by atoms with Crippen molar-refractivity contribution in [1.29, 1.82) is 0 Å². The van der Waals surface area contributed by atoms with E-state index in [2.05, 4.69) is 10.3 Å². The summed E-state index contributed by atoms with van der Waals surface area (Å²) in [6.45, 7) is 1.84. The number of rotatable bonds is 4. The van der Waals surface area contributed by atoms with Crippen molar-refractivity contribution in [1.82, 2.24) is 9.55 Å². The van der Waals surface area contributed by atoms with Crippen LogP contribution >= 0.6 is 11.3 Å². The van der Waals surface area contributed by atoms with Gasteiger partial charge in [-0.3, -0.25) is 14.2 Å². The third-order valence-corrected chi connectivity index (χ3v) is 5.11. The zero-order valence-electron chi connectivity index (χ0n) is 14.7. The molecule has 0 unspecified atom stereocenters. The lowest BCUT2D eigenvalue weighted by atomic mass is 10.1. The van der Waals surface area contributed by atoms with Gasteiger partial charge in [-0.25, -0.2) is 4.98 Å². The lowest BCUT2D eigenvalue weighted by molar-refractivity contribution is -0.116. The predicted molar refractivity (Wildman–Crippen MR) is 109 cm³/mol. The summed E-state index contributed by atoms with van der Waals surface area (Å²) in [4.78, 5) is 29.4. The number of thiazole rings is 1. The molecule has 134 valence electrons. The van der Waals surface area contributed by atoms with E-state index < -0.39 is 0 Å². The summed E-state index contributed by atoms with van der Waals surface area (Å²) in [5, 5.41) is 6.18. The summed E-state index contributed by atoms with van der Waals surface area (Å²) in [7, 11) is 0. The number of anilines is 1. The van der Waals surface area contributed by atoms with E-state index in [1.807, 2.05) is 66.9 Å². The third kappa shape index (κ3) is 3.52. The van der Waals surface area contributed by atoms with Crippen LogP contribution in [0.25, 0.3) is 22.2 Å². The number of nitrogens with one attached hydrogen (secondary N) is 1. The molecule has 0 bridgehead atoms. The van der Waals surface area contributed by atoms with Gasteiger partial charge in [-0.05, 0) is 18.6 Å². The maximum atomic E-state index is 12.5. The Morgan fingerprint density at radius 1 is 1.11 bits per heavy atom. The fourth-order valence-electron chi connectivity index (χ4n) is 3.04. The van der Waals surface area contributed by atoms with Crippen LogP contribution in [0, 0.1) is 6.92 Å². The van der Waals surface area contributed by atoms with Crippen LogP contribution in [0.2, 0.25) is 0 Å². The molecule has 2 aromatic heterocycles. The summed E-state index contributed by atoms with van der Waals surface area (Å²) < 4.78 is 1.49. The maximum absolute atomic E-state index is 12.5. The van der Waals surface area contributed by atoms with Crippen molar-refractivity contribution in [3.8, 4) is 11.3 Å². The first kappa shape index (κ1) is 17.2. The molecule has 5 nitrogen and oxygen atoms in total. The van der Waals surface area contributed by atoms with Crippen LogP contribution in [0.4, 0.5) is 5.13 Å². The fraction of sp³-hybridized carbons (Fsp3) is 0.0952. The van der Waals surface area contributed by atoms with E-state index >= 15 is 0 Å². The SMILES string of the molecule is Cc1cc(=O)n(CC(=O)Nc2nc(-c3ccccc3)cs2)c2ccccc12. The number of amides is 1. The maximum Gasteiger partial charge on any atom is 0.251 e. The lowest BCUT2D eigenvalue weighted by Crippen LogP contribution is -2.27. The van der Waals surface area contributed by atoms with Crippen molar-refractivity contribution in [2.45, 2.75) is 13.5 Å². The van der Waals surface area contributed by atoms with Crippen LogP contribution in [0.5, 0.6) is 0 Å². The first-order chi connectivity index (χ1) is 13.1. The Balaban J connectivity index is 1.57. The molecule has 0 aliphatic heterocycles. The molecule has 2 heterocycles. The molecule has 4 aromatic rings. The highest BCUT2D eigenvalue weighted by Crippen LogP contribution is 2.24. The summed E-state index contributed by atoms with van der Waals surface area (Å²) >= 11 is 1.36. The molecule has 2 aromatic carbocycles. The highest BCUT2D eigenvalue weighted by atomic mass is 32.1. The number of aryl methyl sites for hydroxylation is 1. The molecule has 0 saturated heterocycles. The van der Waals surface area contributed by atoms with Crippen molar-refractivity contribution in [2.24, 2.45) is 0 Å². The van der Waals surface area contributed by atoms with Gasteiger partial charge in [0, 0.05) is 22.4 Å². The second-order valence-electron chi connectivity index (χ2n) is 6.22. The Kier molecular flexibility index (Phi) is 4.56. The van der Waals surface area contributed by atoms with Gasteiger partial charge >= 0.3 is 0 Å². The van der Waals surface area contributed by atoms with Gasteiger partial charge < -0.3 is 5.32 Å². The van der Waals surface area contributed by atoms with Crippen LogP contribution in [-0.2, 0) is 11.3 Å². The number of nitrogens with zero attached hydrogens (tertiary/aromatic N) is 2. The van der Waals surface area contributed by atoms with Crippen LogP contribution < -0.4 is 10.9 Å². The minimum atomic E-state index is -0.278. The van der Waals surface area contributed by atoms with Gasteiger partial charge in [-0.2, -0.15) is 0 Å². The summed E-state index contributed by atoms with van der Waals surface area (Å²) in [6.07, 6.45) is 0. The van der Waals surface area contributed by atoms with Gasteiger partial charge in [0.15, 0.2) is 5.13 Å². The van der Waals surface area contributed by atoms with E-state index in [0.717, 1.165) is 27.7 Å². The van der Waals surface area contributed by atoms with Gasteiger partial charge in [-0.15, -0.1) is 11.3 Å². The third-order valence-electron chi connectivity index (χ3n) is 4.35. The number of carbonyl (C=O) groups is 1. The average molecular weight is 375 g/mol. The minimum Gasteiger partial charge on any atom is -0.300 e. The Morgan fingerprint density at radius 3 is 2.67 bits per heavy atom. The van der Waals surface area contributed by atoms with E-state index in [-0.39, 0.29) is 18.0 Å².